The molecule has 4 aromatic carbocycles. The summed E-state index contributed by atoms with van der Waals surface area (Å²) >= 11 is 0. The van der Waals surface area contributed by atoms with Crippen molar-refractivity contribution in [3.63, 3.8) is 0 Å². The maximum atomic E-state index is 14.6. The molecule has 6 aromatic rings. The molecule has 0 spiro atoms. The van der Waals surface area contributed by atoms with Gasteiger partial charge in [-0.2, -0.15) is 0 Å². The molecule has 2 aromatic heterocycles. The highest BCUT2D eigenvalue weighted by molar-refractivity contribution is 7.92. The zero-order valence-corrected chi connectivity index (χ0v) is 28.4. The number of para-hydroxylation sites is 1. The van der Waals surface area contributed by atoms with Gasteiger partial charge in [-0.3, -0.25) is 9.10 Å². The Balaban J connectivity index is 1.49. The number of carbonyl (C=O) groups excluding carboxylic acids is 1. The van der Waals surface area contributed by atoms with Crippen molar-refractivity contribution in [1.82, 2.24) is 10.3 Å². The molecule has 13 heteroatoms. The number of rotatable bonds is 9. The number of anilines is 1. The molecule has 1 aliphatic carbocycles. The Hall–Kier alpha value is -5.27. The number of sulfonamides is 1. The lowest BCUT2D eigenvalue weighted by Crippen LogP contribution is -2.47. The number of ether oxygens (including phenoxy) is 1. The highest BCUT2D eigenvalue weighted by atomic mass is 32.2. The number of benzene rings is 4. The average Bonchev–Trinajstić information content (AvgIpc) is 3.67. The molecule has 258 valence electrons. The third-order valence-electron chi connectivity index (χ3n) is 9.03. The van der Waals surface area contributed by atoms with E-state index in [-0.39, 0.29) is 52.0 Å². The van der Waals surface area contributed by atoms with Crippen LogP contribution in [0.2, 0.25) is 0 Å². The number of oxazole rings is 1. The number of methoxy groups -OCH3 is 1. The smallest absolute Gasteiger partial charge is 0.255 e. The standard InChI is InChI=1S/C37H33F2N3O7S/c1-37(44)17-20(18-37)19-42(50(4,45)46)28-16-31-25(32(35(43)40-2)34(48-31)21-8-11-23(38)12-9-21)15-24(28)22-10-13-29(47-3)26(14-22)36-41-33-27(39)6-5-7-30(33)49-36/h5-16,20,44H,17-19H2,1-4H3,(H,40,43). The molecule has 0 unspecified atom stereocenters. The molecule has 1 amide bonds. The number of hydrogen-bond acceptors (Lipinski definition) is 8. The second-order valence-electron chi connectivity index (χ2n) is 12.8. The van der Waals surface area contributed by atoms with Crippen LogP contribution in [-0.2, 0) is 10.0 Å². The van der Waals surface area contributed by atoms with Crippen LogP contribution in [0.4, 0.5) is 14.5 Å². The molecule has 10 nitrogen and oxygen atoms in total. The lowest BCUT2D eigenvalue weighted by molar-refractivity contribution is -0.0532. The first-order chi connectivity index (χ1) is 23.8. The number of halogens is 2. The molecular weight excluding hydrogens is 668 g/mol. The van der Waals surface area contributed by atoms with Crippen molar-refractivity contribution in [3.8, 4) is 39.7 Å². The van der Waals surface area contributed by atoms with E-state index in [1.54, 1.807) is 43.3 Å². The van der Waals surface area contributed by atoms with Crippen LogP contribution < -0.4 is 14.4 Å². The van der Waals surface area contributed by atoms with E-state index in [1.165, 1.54) is 54.9 Å². The first-order valence-corrected chi connectivity index (χ1v) is 17.6. The van der Waals surface area contributed by atoms with Gasteiger partial charge in [0.25, 0.3) is 5.91 Å². The molecule has 7 rings (SSSR count). The number of furan rings is 1. The van der Waals surface area contributed by atoms with Crippen LogP contribution in [0, 0.1) is 17.6 Å². The summed E-state index contributed by atoms with van der Waals surface area (Å²) in [4.78, 5) is 17.8. The molecule has 0 aliphatic heterocycles. The number of amides is 1. The van der Waals surface area contributed by atoms with Crippen LogP contribution in [0.3, 0.4) is 0 Å². The monoisotopic (exact) mass is 701 g/mol. The number of fused-ring (bicyclic) bond motifs is 2. The van der Waals surface area contributed by atoms with E-state index in [1.807, 2.05) is 0 Å². The van der Waals surface area contributed by atoms with E-state index in [9.17, 15) is 27.1 Å². The first-order valence-electron chi connectivity index (χ1n) is 15.8. The summed E-state index contributed by atoms with van der Waals surface area (Å²) in [5.41, 5.74) is 1.76. The Bertz CT molecular complexity index is 2390. The Morgan fingerprint density at radius 3 is 2.38 bits per heavy atom. The van der Waals surface area contributed by atoms with Crippen molar-refractivity contribution < 1.29 is 40.7 Å². The minimum atomic E-state index is -3.91. The predicted octanol–water partition coefficient (Wildman–Crippen LogP) is 7.15. The van der Waals surface area contributed by atoms with Crippen LogP contribution in [-0.4, -0.2) is 57.0 Å². The van der Waals surface area contributed by atoms with Gasteiger partial charge < -0.3 is 24.0 Å². The third kappa shape index (κ3) is 5.96. The van der Waals surface area contributed by atoms with Crippen molar-refractivity contribution in [2.45, 2.75) is 25.4 Å². The molecule has 2 N–H and O–H groups in total. The van der Waals surface area contributed by atoms with Crippen LogP contribution >= 0.6 is 0 Å². The van der Waals surface area contributed by atoms with E-state index in [4.69, 9.17) is 13.6 Å². The molecule has 2 heterocycles. The summed E-state index contributed by atoms with van der Waals surface area (Å²) in [6.07, 6.45) is 1.92. The highest BCUT2D eigenvalue weighted by Gasteiger charge is 2.41. The Morgan fingerprint density at radius 1 is 1.02 bits per heavy atom. The fourth-order valence-electron chi connectivity index (χ4n) is 6.76. The number of aliphatic hydroxyl groups is 1. The second-order valence-corrected chi connectivity index (χ2v) is 14.8. The molecule has 1 saturated carbocycles. The number of carbonyl (C=O) groups is 1. The van der Waals surface area contributed by atoms with Crippen molar-refractivity contribution in [3.05, 3.63) is 90.0 Å². The summed E-state index contributed by atoms with van der Waals surface area (Å²) in [5, 5.41) is 13.5. The Kier molecular flexibility index (Phi) is 8.14. The molecular formula is C37H33F2N3O7S. The SMILES string of the molecule is CNC(=O)c1c(-c2ccc(F)cc2)oc2cc(N(CC3CC(C)(O)C3)S(C)(=O)=O)c(-c3ccc(OC)c(-c4nc5c(F)cccc5o4)c3)cc12. The van der Waals surface area contributed by atoms with E-state index in [0.29, 0.717) is 46.2 Å². The lowest BCUT2D eigenvalue weighted by Gasteiger charge is -2.43. The molecule has 0 radical (unpaired) electrons. The van der Waals surface area contributed by atoms with Crippen molar-refractivity contribution in [1.29, 1.82) is 0 Å². The average molecular weight is 702 g/mol. The Labute approximate surface area is 286 Å². The number of nitrogens with zero attached hydrogens (tertiary/aromatic N) is 2. The van der Waals surface area contributed by atoms with Gasteiger partial charge in [0.05, 0.1) is 35.8 Å². The molecule has 50 heavy (non-hydrogen) atoms. The minimum absolute atomic E-state index is 0.0404. The van der Waals surface area contributed by atoms with Gasteiger partial charge in [0.2, 0.25) is 15.9 Å². The van der Waals surface area contributed by atoms with Gasteiger partial charge in [0.1, 0.15) is 28.4 Å². The van der Waals surface area contributed by atoms with Crippen molar-refractivity contribution >= 4 is 43.7 Å². The van der Waals surface area contributed by atoms with Gasteiger partial charge in [0, 0.05) is 36.2 Å². The number of hydrogen-bond donors (Lipinski definition) is 2. The first kappa shape index (κ1) is 33.2. The summed E-state index contributed by atoms with van der Waals surface area (Å²) < 4.78 is 74.7. The maximum absolute atomic E-state index is 14.6. The van der Waals surface area contributed by atoms with E-state index >= 15 is 0 Å². The van der Waals surface area contributed by atoms with Crippen molar-refractivity contribution in [2.24, 2.45) is 5.92 Å². The van der Waals surface area contributed by atoms with Crippen molar-refractivity contribution in [2.75, 3.05) is 31.3 Å². The fraction of sp³-hybridized carbons (Fsp3) is 0.243. The molecule has 1 fully saturated rings. The van der Waals surface area contributed by atoms with Gasteiger partial charge in [-0.05, 0) is 85.8 Å². The summed E-state index contributed by atoms with van der Waals surface area (Å²) in [6.45, 7) is 1.79. The van der Waals surface area contributed by atoms with E-state index in [0.717, 1.165) is 6.26 Å². The highest BCUT2D eigenvalue weighted by Crippen LogP contribution is 2.45. The zero-order chi connectivity index (χ0) is 35.5. The second kappa shape index (κ2) is 12.3. The molecule has 1 aliphatic rings. The van der Waals surface area contributed by atoms with Gasteiger partial charge in [0.15, 0.2) is 11.4 Å². The maximum Gasteiger partial charge on any atom is 0.255 e. The number of aromatic nitrogens is 1. The Morgan fingerprint density at radius 2 is 1.74 bits per heavy atom. The van der Waals surface area contributed by atoms with Gasteiger partial charge in [-0.1, -0.05) is 12.1 Å². The van der Waals surface area contributed by atoms with Crippen LogP contribution in [0.5, 0.6) is 5.75 Å². The van der Waals surface area contributed by atoms with Crippen LogP contribution in [0.1, 0.15) is 30.1 Å². The topological polar surface area (TPSA) is 135 Å². The fourth-order valence-corrected chi connectivity index (χ4v) is 7.75. The summed E-state index contributed by atoms with van der Waals surface area (Å²) in [5.74, 6) is -1.000. The normalized spacial score (nSPS) is 17.5. The van der Waals surface area contributed by atoms with Crippen LogP contribution in [0.25, 0.3) is 56.0 Å². The zero-order valence-electron chi connectivity index (χ0n) is 27.6. The molecule has 0 bridgehead atoms. The summed E-state index contributed by atoms with van der Waals surface area (Å²) in [7, 11) is -0.969. The lowest BCUT2D eigenvalue weighted by atomic mass is 9.72. The van der Waals surface area contributed by atoms with E-state index < -0.39 is 33.2 Å². The van der Waals surface area contributed by atoms with Gasteiger partial charge in [-0.15, -0.1) is 0 Å². The number of nitrogens with one attached hydrogen (secondary N) is 1. The van der Waals surface area contributed by atoms with Crippen LogP contribution in [0.15, 0.2) is 81.6 Å². The largest absolute Gasteiger partial charge is 0.496 e. The minimum Gasteiger partial charge on any atom is -0.496 e. The molecule has 0 atom stereocenters. The van der Waals surface area contributed by atoms with E-state index in [2.05, 4.69) is 10.3 Å². The van der Waals surface area contributed by atoms with Gasteiger partial charge in [-0.25, -0.2) is 22.2 Å². The third-order valence-corrected chi connectivity index (χ3v) is 10.2. The molecule has 0 saturated heterocycles. The van der Waals surface area contributed by atoms with Gasteiger partial charge >= 0.3 is 0 Å². The quantitative estimate of drug-likeness (QED) is 0.162. The summed E-state index contributed by atoms with van der Waals surface area (Å²) in [6, 6.07) is 18.2. The predicted molar refractivity (Wildman–Crippen MR) is 185 cm³/mol.